The highest BCUT2D eigenvalue weighted by Gasteiger charge is 2.07. The summed E-state index contributed by atoms with van der Waals surface area (Å²) in [6, 6.07) is 13.5. The van der Waals surface area contributed by atoms with Crippen molar-refractivity contribution >= 4 is 50.9 Å². The molecule has 1 N–H and O–H groups in total. The van der Waals surface area contributed by atoms with Crippen LogP contribution in [0.3, 0.4) is 0 Å². The molecule has 2 aromatic carbocycles. The number of aryl methyl sites for hydroxylation is 1. The van der Waals surface area contributed by atoms with Crippen molar-refractivity contribution in [2.24, 2.45) is 0 Å². The third kappa shape index (κ3) is 4.54. The second-order valence-corrected chi connectivity index (χ2v) is 6.65. The highest BCUT2D eigenvalue weighted by molar-refractivity contribution is 9.10. The monoisotopic (exact) mass is 369 g/mol. The van der Waals surface area contributed by atoms with Gasteiger partial charge in [0.2, 0.25) is 5.91 Å². The lowest BCUT2D eigenvalue weighted by Crippen LogP contribution is -2.14. The summed E-state index contributed by atoms with van der Waals surface area (Å²) >= 11 is 10.9. The summed E-state index contributed by atoms with van der Waals surface area (Å²) in [7, 11) is 0. The Labute approximate surface area is 136 Å². The Hall–Kier alpha value is -0.970. The van der Waals surface area contributed by atoms with Gasteiger partial charge >= 0.3 is 0 Å². The van der Waals surface area contributed by atoms with Crippen LogP contribution >= 0.6 is 39.3 Å². The molecule has 2 nitrogen and oxygen atoms in total. The van der Waals surface area contributed by atoms with Crippen molar-refractivity contribution in [2.45, 2.75) is 11.8 Å². The maximum absolute atomic E-state index is 11.9. The van der Waals surface area contributed by atoms with Crippen molar-refractivity contribution in [3.63, 3.8) is 0 Å². The number of carbonyl (C=O) groups excluding carboxylic acids is 1. The number of hydrogen-bond acceptors (Lipinski definition) is 2. The molecule has 0 fully saturated rings. The van der Waals surface area contributed by atoms with E-state index in [1.165, 1.54) is 17.3 Å². The topological polar surface area (TPSA) is 29.1 Å². The van der Waals surface area contributed by atoms with Crippen molar-refractivity contribution in [3.8, 4) is 0 Å². The lowest BCUT2D eigenvalue weighted by atomic mass is 10.2. The molecule has 1 amide bonds. The maximum atomic E-state index is 11.9. The van der Waals surface area contributed by atoms with Gasteiger partial charge in [0.05, 0.1) is 16.5 Å². The minimum absolute atomic E-state index is 0.0696. The molecule has 0 aliphatic carbocycles. The van der Waals surface area contributed by atoms with E-state index in [2.05, 4.69) is 21.2 Å². The molecule has 5 heteroatoms. The molecule has 0 radical (unpaired) electrons. The van der Waals surface area contributed by atoms with Crippen LogP contribution < -0.4 is 5.32 Å². The Balaban J connectivity index is 1.90. The number of nitrogens with one attached hydrogen (secondary N) is 1. The van der Waals surface area contributed by atoms with Crippen LogP contribution in [-0.2, 0) is 4.79 Å². The van der Waals surface area contributed by atoms with Crippen molar-refractivity contribution < 1.29 is 4.79 Å². The minimum Gasteiger partial charge on any atom is -0.324 e. The first-order valence-electron chi connectivity index (χ1n) is 5.99. The molecule has 0 saturated heterocycles. The zero-order valence-electron chi connectivity index (χ0n) is 10.8. The number of anilines is 1. The average molecular weight is 371 g/mol. The van der Waals surface area contributed by atoms with Gasteiger partial charge in [-0.25, -0.2) is 0 Å². The maximum Gasteiger partial charge on any atom is 0.234 e. The summed E-state index contributed by atoms with van der Waals surface area (Å²) in [6.45, 7) is 2.04. The first-order valence-corrected chi connectivity index (χ1v) is 8.14. The molecule has 0 bridgehead atoms. The number of thioether (sulfide) groups is 1. The van der Waals surface area contributed by atoms with Crippen LogP contribution in [0.5, 0.6) is 0 Å². The average Bonchev–Trinajstić information content (AvgIpc) is 2.41. The molecule has 104 valence electrons. The van der Waals surface area contributed by atoms with Gasteiger partial charge in [0.25, 0.3) is 0 Å². The third-order valence-corrected chi connectivity index (χ3v) is 4.41. The number of benzene rings is 2. The molecule has 20 heavy (non-hydrogen) atoms. The number of amides is 1. The first-order chi connectivity index (χ1) is 9.54. The number of carbonyl (C=O) groups is 1. The Bertz CT molecular complexity index is 616. The molecule has 0 aromatic heterocycles. The van der Waals surface area contributed by atoms with Gasteiger partial charge in [-0.05, 0) is 37.3 Å². The van der Waals surface area contributed by atoms with Gasteiger partial charge in [0.1, 0.15) is 0 Å². The number of hydrogen-bond donors (Lipinski definition) is 1. The fraction of sp³-hybridized carbons (Fsp3) is 0.133. The van der Waals surface area contributed by atoms with Gasteiger partial charge in [-0.2, -0.15) is 0 Å². The molecule has 0 heterocycles. The molecule has 0 unspecified atom stereocenters. The molecule has 2 rings (SSSR count). The molecule has 0 atom stereocenters. The Morgan fingerprint density at radius 3 is 2.60 bits per heavy atom. The van der Waals surface area contributed by atoms with Crippen LogP contribution in [0.2, 0.25) is 5.02 Å². The van der Waals surface area contributed by atoms with E-state index in [0.717, 1.165) is 9.37 Å². The SMILES string of the molecule is Cc1ccc(SCC(=O)Nc2ccc(Br)cc2Cl)cc1. The second-order valence-electron chi connectivity index (χ2n) is 4.27. The predicted octanol–water partition coefficient (Wildman–Crippen LogP) is 5.14. The van der Waals surface area contributed by atoms with Gasteiger partial charge < -0.3 is 5.32 Å². The summed E-state index contributed by atoms with van der Waals surface area (Å²) in [4.78, 5) is 13.0. The van der Waals surface area contributed by atoms with Crippen molar-refractivity contribution in [1.82, 2.24) is 0 Å². The first kappa shape index (κ1) is 15.4. The standard InChI is InChI=1S/C15H13BrClNOS/c1-10-2-5-12(6-3-10)20-9-15(19)18-14-7-4-11(16)8-13(14)17/h2-8H,9H2,1H3,(H,18,19). The van der Waals surface area contributed by atoms with Gasteiger partial charge in [-0.1, -0.05) is 45.2 Å². The van der Waals surface area contributed by atoms with Crippen LogP contribution in [0.15, 0.2) is 51.8 Å². The number of rotatable bonds is 4. The lowest BCUT2D eigenvalue weighted by molar-refractivity contribution is -0.113. The Morgan fingerprint density at radius 1 is 1.25 bits per heavy atom. The van der Waals surface area contributed by atoms with E-state index in [-0.39, 0.29) is 5.91 Å². The molecule has 2 aromatic rings. The molecule has 0 saturated carbocycles. The summed E-state index contributed by atoms with van der Waals surface area (Å²) in [5.41, 5.74) is 1.84. The van der Waals surface area contributed by atoms with E-state index >= 15 is 0 Å². The van der Waals surface area contributed by atoms with Gasteiger partial charge in [-0.3, -0.25) is 4.79 Å². The smallest absolute Gasteiger partial charge is 0.234 e. The van der Waals surface area contributed by atoms with Crippen molar-refractivity contribution in [1.29, 1.82) is 0 Å². The highest BCUT2D eigenvalue weighted by Crippen LogP contribution is 2.26. The van der Waals surface area contributed by atoms with Crippen LogP contribution in [0, 0.1) is 6.92 Å². The van der Waals surface area contributed by atoms with Crippen molar-refractivity contribution in [3.05, 3.63) is 57.5 Å². The van der Waals surface area contributed by atoms with Crippen LogP contribution in [0.1, 0.15) is 5.56 Å². The van der Waals surface area contributed by atoms with Crippen LogP contribution in [0.4, 0.5) is 5.69 Å². The van der Waals surface area contributed by atoms with E-state index in [9.17, 15) is 4.79 Å². The Morgan fingerprint density at radius 2 is 1.95 bits per heavy atom. The van der Waals surface area contributed by atoms with E-state index in [4.69, 9.17) is 11.6 Å². The van der Waals surface area contributed by atoms with Gasteiger partial charge in [0.15, 0.2) is 0 Å². The van der Waals surface area contributed by atoms with Gasteiger partial charge in [0, 0.05) is 9.37 Å². The van der Waals surface area contributed by atoms with E-state index in [1.807, 2.05) is 37.3 Å². The summed E-state index contributed by atoms with van der Waals surface area (Å²) in [5.74, 6) is 0.287. The summed E-state index contributed by atoms with van der Waals surface area (Å²) in [6.07, 6.45) is 0. The van der Waals surface area contributed by atoms with Crippen molar-refractivity contribution in [2.75, 3.05) is 11.1 Å². The molecule has 0 spiro atoms. The molecular formula is C15H13BrClNOS. The zero-order valence-corrected chi connectivity index (χ0v) is 14.0. The minimum atomic E-state index is -0.0696. The molecular weight excluding hydrogens is 358 g/mol. The third-order valence-electron chi connectivity index (χ3n) is 2.60. The predicted molar refractivity (Wildman–Crippen MR) is 89.7 cm³/mol. The Kier molecular flexibility index (Phi) is 5.52. The number of halogens is 2. The molecule has 0 aliphatic rings. The normalized spacial score (nSPS) is 10.3. The second kappa shape index (κ2) is 7.16. The largest absolute Gasteiger partial charge is 0.324 e. The summed E-state index contributed by atoms with van der Waals surface area (Å²) in [5, 5.41) is 3.33. The fourth-order valence-corrected chi connectivity index (χ4v) is 2.98. The van der Waals surface area contributed by atoms with E-state index in [1.54, 1.807) is 12.1 Å². The zero-order chi connectivity index (χ0) is 14.5. The fourth-order valence-electron chi connectivity index (χ4n) is 1.56. The van der Waals surface area contributed by atoms with E-state index in [0.29, 0.717) is 16.5 Å². The molecule has 0 aliphatic heterocycles. The quantitative estimate of drug-likeness (QED) is 0.755. The summed E-state index contributed by atoms with van der Waals surface area (Å²) < 4.78 is 0.884. The lowest BCUT2D eigenvalue weighted by Gasteiger charge is -2.07. The van der Waals surface area contributed by atoms with Crippen LogP contribution in [-0.4, -0.2) is 11.7 Å². The highest BCUT2D eigenvalue weighted by atomic mass is 79.9. The van der Waals surface area contributed by atoms with Crippen LogP contribution in [0.25, 0.3) is 0 Å². The van der Waals surface area contributed by atoms with E-state index < -0.39 is 0 Å². The van der Waals surface area contributed by atoms with Gasteiger partial charge in [-0.15, -0.1) is 11.8 Å².